The van der Waals surface area contributed by atoms with Gasteiger partial charge in [-0.25, -0.2) is 0 Å². The van der Waals surface area contributed by atoms with E-state index < -0.39 is 11.7 Å². The first kappa shape index (κ1) is 12.6. The molecule has 0 atom stereocenters. The summed E-state index contributed by atoms with van der Waals surface area (Å²) in [5.74, 6) is -0.447. The van der Waals surface area contributed by atoms with Gasteiger partial charge in [0.1, 0.15) is 12.3 Å². The van der Waals surface area contributed by atoms with Gasteiger partial charge in [0.2, 0.25) is 0 Å². The summed E-state index contributed by atoms with van der Waals surface area (Å²) >= 11 is 0. The topological polar surface area (TPSA) is 72.6 Å². The van der Waals surface area contributed by atoms with Crippen molar-refractivity contribution >= 4 is 17.4 Å². The molecule has 1 aromatic carbocycles. The summed E-state index contributed by atoms with van der Waals surface area (Å²) in [6.45, 7) is 0.519. The van der Waals surface area contributed by atoms with Crippen molar-refractivity contribution < 1.29 is 18.8 Å². The lowest BCUT2D eigenvalue weighted by atomic mass is 10.1. The average molecular weight is 272 g/mol. The van der Waals surface area contributed by atoms with Crippen molar-refractivity contribution in [3.8, 4) is 0 Å². The van der Waals surface area contributed by atoms with E-state index in [9.17, 15) is 9.59 Å². The highest BCUT2D eigenvalue weighted by Crippen LogP contribution is 2.29. The van der Waals surface area contributed by atoms with E-state index in [0.29, 0.717) is 29.3 Å². The Bertz CT molecular complexity index is 677. The van der Waals surface area contributed by atoms with Crippen LogP contribution in [0.5, 0.6) is 0 Å². The summed E-state index contributed by atoms with van der Waals surface area (Å²) in [5.41, 5.74) is 1.62. The predicted molar refractivity (Wildman–Crippen MR) is 69.2 cm³/mol. The third-order valence-electron chi connectivity index (χ3n) is 3.09. The third kappa shape index (κ3) is 2.00. The molecular weight excluding hydrogens is 260 g/mol. The number of para-hydroxylation sites is 1. The van der Waals surface area contributed by atoms with Crippen molar-refractivity contribution in [1.29, 1.82) is 0 Å². The highest BCUT2D eigenvalue weighted by molar-refractivity contribution is 6.52. The van der Waals surface area contributed by atoms with Gasteiger partial charge in [-0.15, -0.1) is 0 Å². The van der Waals surface area contributed by atoms with Gasteiger partial charge >= 0.3 is 0 Å². The summed E-state index contributed by atoms with van der Waals surface area (Å²) < 4.78 is 10.0. The molecule has 0 aliphatic carbocycles. The standard InChI is InChI=1S/C14H12N2O4/c1-19-8-10-6-9(15-20-10)7-16-12-5-3-2-4-11(12)13(17)14(16)18/h2-6H,7-8H2,1H3. The van der Waals surface area contributed by atoms with Crippen LogP contribution in [0, 0.1) is 0 Å². The Morgan fingerprint density at radius 1 is 1.30 bits per heavy atom. The molecule has 3 rings (SSSR count). The fourth-order valence-corrected chi connectivity index (χ4v) is 2.21. The number of benzene rings is 1. The van der Waals surface area contributed by atoms with Crippen LogP contribution in [-0.2, 0) is 22.7 Å². The molecule has 2 aromatic rings. The predicted octanol–water partition coefficient (Wildman–Crippen LogP) is 1.55. The number of rotatable bonds is 4. The van der Waals surface area contributed by atoms with E-state index in [1.165, 1.54) is 4.90 Å². The SMILES string of the molecule is COCc1cc(CN2C(=O)C(=O)c3ccccc32)no1. The monoisotopic (exact) mass is 272 g/mol. The maximum absolute atomic E-state index is 12.0. The number of amides is 1. The number of nitrogens with zero attached hydrogens (tertiary/aromatic N) is 2. The number of carbonyl (C=O) groups is 2. The minimum absolute atomic E-state index is 0.203. The molecule has 0 fully saturated rings. The second kappa shape index (κ2) is 4.90. The number of Topliss-reactive ketones (excluding diaryl/α,β-unsaturated/α-hetero) is 1. The molecule has 1 amide bonds. The van der Waals surface area contributed by atoms with Crippen LogP contribution >= 0.6 is 0 Å². The molecule has 6 heteroatoms. The fraction of sp³-hybridized carbons (Fsp3) is 0.214. The number of aromatic nitrogens is 1. The van der Waals surface area contributed by atoms with Crippen LogP contribution in [0.3, 0.4) is 0 Å². The van der Waals surface area contributed by atoms with Crippen LogP contribution in [0.1, 0.15) is 21.8 Å². The Hall–Kier alpha value is -2.47. The van der Waals surface area contributed by atoms with E-state index in [2.05, 4.69) is 5.16 Å². The number of carbonyl (C=O) groups excluding carboxylic acids is 2. The largest absolute Gasteiger partial charge is 0.377 e. The minimum Gasteiger partial charge on any atom is -0.377 e. The lowest BCUT2D eigenvalue weighted by Crippen LogP contribution is -2.29. The normalized spacial score (nSPS) is 13.9. The number of hydrogen-bond acceptors (Lipinski definition) is 5. The van der Waals surface area contributed by atoms with Gasteiger partial charge < -0.3 is 9.26 Å². The van der Waals surface area contributed by atoms with Crippen molar-refractivity contribution in [2.24, 2.45) is 0 Å². The lowest BCUT2D eigenvalue weighted by Gasteiger charge is -2.14. The average Bonchev–Trinajstić information content (AvgIpc) is 2.99. The Morgan fingerprint density at radius 3 is 2.90 bits per heavy atom. The van der Waals surface area contributed by atoms with Crippen LogP contribution < -0.4 is 4.90 Å². The molecule has 0 unspecified atom stereocenters. The maximum atomic E-state index is 12.0. The lowest BCUT2D eigenvalue weighted by molar-refractivity contribution is -0.114. The molecule has 0 saturated carbocycles. The van der Waals surface area contributed by atoms with E-state index in [0.717, 1.165) is 0 Å². The number of ether oxygens (including phenoxy) is 1. The van der Waals surface area contributed by atoms with E-state index in [-0.39, 0.29) is 6.54 Å². The van der Waals surface area contributed by atoms with Gasteiger partial charge in [-0.3, -0.25) is 14.5 Å². The summed E-state index contributed by atoms with van der Waals surface area (Å²) in [5, 5.41) is 3.87. The Labute approximate surface area is 114 Å². The third-order valence-corrected chi connectivity index (χ3v) is 3.09. The van der Waals surface area contributed by atoms with Gasteiger partial charge in [0, 0.05) is 13.2 Å². The van der Waals surface area contributed by atoms with Crippen molar-refractivity contribution in [2.75, 3.05) is 12.0 Å². The number of fused-ring (bicyclic) bond motifs is 1. The van der Waals surface area contributed by atoms with E-state index in [1.807, 2.05) is 0 Å². The number of anilines is 1. The first-order valence-corrected chi connectivity index (χ1v) is 6.09. The van der Waals surface area contributed by atoms with E-state index in [1.54, 1.807) is 37.4 Å². The van der Waals surface area contributed by atoms with Crippen LogP contribution in [-0.4, -0.2) is 24.0 Å². The molecule has 102 valence electrons. The van der Waals surface area contributed by atoms with Gasteiger partial charge in [-0.05, 0) is 12.1 Å². The number of ketones is 1. The Balaban J connectivity index is 1.87. The molecule has 1 aliphatic rings. The summed E-state index contributed by atoms with van der Waals surface area (Å²) in [4.78, 5) is 25.3. The molecule has 1 aromatic heterocycles. The zero-order chi connectivity index (χ0) is 14.1. The molecule has 1 aliphatic heterocycles. The molecule has 20 heavy (non-hydrogen) atoms. The quantitative estimate of drug-likeness (QED) is 0.789. The first-order valence-electron chi connectivity index (χ1n) is 6.09. The van der Waals surface area contributed by atoms with Gasteiger partial charge in [0.15, 0.2) is 5.76 Å². The van der Waals surface area contributed by atoms with Crippen molar-refractivity contribution in [3.05, 3.63) is 47.3 Å². The van der Waals surface area contributed by atoms with Gasteiger partial charge in [0.05, 0.1) is 17.8 Å². The Morgan fingerprint density at radius 2 is 2.10 bits per heavy atom. The number of hydrogen-bond donors (Lipinski definition) is 0. The Kier molecular flexibility index (Phi) is 3.08. The van der Waals surface area contributed by atoms with E-state index >= 15 is 0 Å². The highest BCUT2D eigenvalue weighted by Gasteiger charge is 2.35. The maximum Gasteiger partial charge on any atom is 0.299 e. The van der Waals surface area contributed by atoms with Crippen molar-refractivity contribution in [2.45, 2.75) is 13.2 Å². The molecule has 0 spiro atoms. The molecule has 0 radical (unpaired) electrons. The van der Waals surface area contributed by atoms with Crippen LogP contribution in [0.15, 0.2) is 34.9 Å². The summed E-state index contributed by atoms with van der Waals surface area (Å²) in [6.07, 6.45) is 0. The van der Waals surface area contributed by atoms with Crippen LogP contribution in [0.25, 0.3) is 0 Å². The first-order chi connectivity index (χ1) is 9.70. The smallest absolute Gasteiger partial charge is 0.299 e. The minimum atomic E-state index is -0.539. The molecular formula is C14H12N2O4. The summed E-state index contributed by atoms with van der Waals surface area (Å²) in [7, 11) is 1.56. The fourth-order valence-electron chi connectivity index (χ4n) is 2.21. The second-order valence-electron chi connectivity index (χ2n) is 4.46. The zero-order valence-corrected chi connectivity index (χ0v) is 10.8. The molecule has 0 bridgehead atoms. The van der Waals surface area contributed by atoms with Crippen LogP contribution in [0.2, 0.25) is 0 Å². The van der Waals surface area contributed by atoms with Gasteiger partial charge in [-0.1, -0.05) is 17.3 Å². The van der Waals surface area contributed by atoms with Crippen molar-refractivity contribution in [3.63, 3.8) is 0 Å². The molecule has 6 nitrogen and oxygen atoms in total. The second-order valence-corrected chi connectivity index (χ2v) is 4.46. The van der Waals surface area contributed by atoms with Gasteiger partial charge in [0.25, 0.3) is 11.7 Å². The number of methoxy groups -OCH3 is 1. The zero-order valence-electron chi connectivity index (χ0n) is 10.8. The van der Waals surface area contributed by atoms with Crippen molar-refractivity contribution in [1.82, 2.24) is 5.16 Å². The molecule has 0 N–H and O–H groups in total. The van der Waals surface area contributed by atoms with E-state index in [4.69, 9.17) is 9.26 Å². The summed E-state index contributed by atoms with van der Waals surface area (Å²) in [6, 6.07) is 8.63. The van der Waals surface area contributed by atoms with Crippen LogP contribution in [0.4, 0.5) is 5.69 Å². The molecule has 2 heterocycles. The van der Waals surface area contributed by atoms with Gasteiger partial charge in [-0.2, -0.15) is 0 Å². The highest BCUT2D eigenvalue weighted by atomic mass is 16.5. The molecule has 0 saturated heterocycles.